The minimum atomic E-state index is -3.72. The highest BCUT2D eigenvalue weighted by Crippen LogP contribution is 2.54. The number of aromatic nitrogens is 1. The van der Waals surface area contributed by atoms with Gasteiger partial charge in [-0.3, -0.25) is 9.52 Å². The number of hydrogen-bond donors (Lipinski definition) is 3. The quantitative estimate of drug-likeness (QED) is 0.466. The third-order valence-electron chi connectivity index (χ3n) is 7.48. The van der Waals surface area contributed by atoms with Gasteiger partial charge >= 0.3 is 0 Å². The van der Waals surface area contributed by atoms with Crippen LogP contribution in [0.4, 0.5) is 31.9 Å². The van der Waals surface area contributed by atoms with Gasteiger partial charge in [0.15, 0.2) is 0 Å². The Hall–Kier alpha value is -2.93. The molecule has 2 aromatic rings. The van der Waals surface area contributed by atoms with Gasteiger partial charge in [0.2, 0.25) is 15.8 Å². The highest BCUT2D eigenvalue weighted by Gasteiger charge is 2.44. The Morgan fingerprint density at radius 3 is 2.38 bits per heavy atom. The van der Waals surface area contributed by atoms with Crippen LogP contribution in [0.5, 0.6) is 0 Å². The normalized spacial score (nSPS) is 20.6. The zero-order valence-corrected chi connectivity index (χ0v) is 21.2. The van der Waals surface area contributed by atoms with E-state index in [0.29, 0.717) is 22.5 Å². The van der Waals surface area contributed by atoms with Gasteiger partial charge in [0.25, 0.3) is 17.8 Å². The standard InChI is InChI=1S/C24H31F2N5O5S/c25-24(26)7-11-31(12-8-24)22-27-16-20(36-22)21(33)28-18-2-1-17(29-37(34,35)14-13-32)15-19(18)30-9-5-23(3-4-23)6-10-30/h1-2,15-16,29,32H,3-14H2,(H,28,33). The topological polar surface area (TPSA) is 128 Å². The Kier molecular flexibility index (Phi) is 6.77. The molecule has 1 amide bonds. The fourth-order valence-corrected chi connectivity index (χ4v) is 5.77. The summed E-state index contributed by atoms with van der Waals surface area (Å²) in [4.78, 5) is 20.8. The zero-order valence-electron chi connectivity index (χ0n) is 20.4. The van der Waals surface area contributed by atoms with E-state index in [1.165, 1.54) is 19.0 Å². The smallest absolute Gasteiger partial charge is 0.297 e. The van der Waals surface area contributed by atoms with E-state index in [1.807, 2.05) is 0 Å². The number of halogens is 2. The molecule has 3 N–H and O–H groups in total. The van der Waals surface area contributed by atoms with E-state index in [9.17, 15) is 22.0 Å². The lowest BCUT2D eigenvalue weighted by Gasteiger charge is -2.35. The molecule has 2 aliphatic heterocycles. The van der Waals surface area contributed by atoms with Gasteiger partial charge in [0.05, 0.1) is 35.6 Å². The number of piperidine rings is 2. The second kappa shape index (κ2) is 9.75. The molecule has 1 aromatic heterocycles. The lowest BCUT2D eigenvalue weighted by Crippen LogP contribution is -2.39. The number of oxazole rings is 1. The van der Waals surface area contributed by atoms with Gasteiger partial charge in [-0.2, -0.15) is 0 Å². The van der Waals surface area contributed by atoms with Gasteiger partial charge in [0.1, 0.15) is 0 Å². The molecule has 13 heteroatoms. The highest BCUT2D eigenvalue weighted by atomic mass is 32.2. The zero-order chi connectivity index (χ0) is 26.3. The molecule has 37 heavy (non-hydrogen) atoms. The van der Waals surface area contributed by atoms with Crippen molar-refractivity contribution in [3.63, 3.8) is 0 Å². The van der Waals surface area contributed by atoms with Crippen molar-refractivity contribution in [3.8, 4) is 0 Å². The number of nitrogens with one attached hydrogen (secondary N) is 2. The Balaban J connectivity index is 1.33. The van der Waals surface area contributed by atoms with E-state index >= 15 is 0 Å². The molecule has 0 atom stereocenters. The van der Waals surface area contributed by atoms with Crippen molar-refractivity contribution < 1.29 is 31.5 Å². The fraction of sp³-hybridized carbons (Fsp3) is 0.583. The molecule has 1 aliphatic carbocycles. The Labute approximate surface area is 214 Å². The minimum absolute atomic E-state index is 0.0541. The number of aliphatic hydroxyl groups excluding tert-OH is 1. The van der Waals surface area contributed by atoms with Crippen LogP contribution in [-0.2, 0) is 10.0 Å². The van der Waals surface area contributed by atoms with Crippen molar-refractivity contribution in [1.82, 2.24) is 4.98 Å². The van der Waals surface area contributed by atoms with E-state index in [2.05, 4.69) is 19.9 Å². The predicted molar refractivity (Wildman–Crippen MR) is 135 cm³/mol. The summed E-state index contributed by atoms with van der Waals surface area (Å²) in [6.45, 7) is 1.23. The van der Waals surface area contributed by atoms with Gasteiger partial charge < -0.3 is 24.6 Å². The molecule has 2 saturated heterocycles. The number of rotatable bonds is 8. The minimum Gasteiger partial charge on any atom is -0.418 e. The average molecular weight is 540 g/mol. The molecule has 3 heterocycles. The lowest BCUT2D eigenvalue weighted by molar-refractivity contribution is -0.0227. The van der Waals surface area contributed by atoms with Crippen LogP contribution in [0.15, 0.2) is 28.8 Å². The third kappa shape index (κ3) is 5.98. The Morgan fingerprint density at radius 2 is 1.73 bits per heavy atom. The number of sulfonamides is 1. The first-order valence-electron chi connectivity index (χ1n) is 12.5. The van der Waals surface area contributed by atoms with Crippen molar-refractivity contribution in [2.45, 2.75) is 44.4 Å². The van der Waals surface area contributed by atoms with Crippen LogP contribution in [-0.4, -0.2) is 68.9 Å². The van der Waals surface area contributed by atoms with Gasteiger partial charge in [-0.1, -0.05) is 0 Å². The molecule has 0 radical (unpaired) electrons. The van der Waals surface area contributed by atoms with Crippen LogP contribution >= 0.6 is 0 Å². The van der Waals surface area contributed by atoms with E-state index < -0.39 is 34.2 Å². The van der Waals surface area contributed by atoms with Gasteiger partial charge in [-0.05, 0) is 49.3 Å². The van der Waals surface area contributed by atoms with Crippen molar-refractivity contribution in [1.29, 1.82) is 0 Å². The summed E-state index contributed by atoms with van der Waals surface area (Å²) in [5.74, 6) is -3.73. The van der Waals surface area contributed by atoms with E-state index in [0.717, 1.165) is 25.9 Å². The van der Waals surface area contributed by atoms with E-state index in [-0.39, 0.29) is 37.7 Å². The van der Waals surface area contributed by atoms with Gasteiger partial charge in [-0.15, -0.1) is 0 Å². The summed E-state index contributed by atoms with van der Waals surface area (Å²) < 4.78 is 59.4. The first-order chi connectivity index (χ1) is 17.6. The van der Waals surface area contributed by atoms with Crippen molar-refractivity contribution in [3.05, 3.63) is 30.2 Å². The lowest BCUT2D eigenvalue weighted by atomic mass is 9.93. The van der Waals surface area contributed by atoms with Crippen LogP contribution in [0.1, 0.15) is 49.1 Å². The summed E-state index contributed by atoms with van der Waals surface area (Å²) in [6, 6.07) is 4.96. The second-order valence-corrected chi connectivity index (χ2v) is 12.0. The second-order valence-electron chi connectivity index (χ2n) is 10.2. The molecular weight excluding hydrogens is 508 g/mol. The van der Waals surface area contributed by atoms with Crippen LogP contribution in [0.25, 0.3) is 0 Å². The predicted octanol–water partition coefficient (Wildman–Crippen LogP) is 3.28. The number of aliphatic hydroxyl groups is 1. The maximum Gasteiger partial charge on any atom is 0.297 e. The summed E-state index contributed by atoms with van der Waals surface area (Å²) in [6.07, 6.45) is 5.19. The van der Waals surface area contributed by atoms with Crippen molar-refractivity contribution in [2.24, 2.45) is 5.41 Å². The van der Waals surface area contributed by atoms with Gasteiger partial charge in [-0.25, -0.2) is 22.2 Å². The molecule has 10 nitrogen and oxygen atoms in total. The molecule has 1 saturated carbocycles. The highest BCUT2D eigenvalue weighted by molar-refractivity contribution is 7.92. The molecule has 3 aliphatic rings. The van der Waals surface area contributed by atoms with Crippen LogP contribution < -0.4 is 19.8 Å². The van der Waals surface area contributed by atoms with Crippen LogP contribution in [0.3, 0.4) is 0 Å². The fourth-order valence-electron chi connectivity index (χ4n) is 4.94. The number of benzene rings is 1. The maximum atomic E-state index is 13.5. The number of amides is 1. The monoisotopic (exact) mass is 539 g/mol. The molecular formula is C24H31F2N5O5S. The number of alkyl halides is 2. The molecule has 0 bridgehead atoms. The number of carbonyl (C=O) groups is 1. The first-order valence-corrected chi connectivity index (χ1v) is 14.1. The van der Waals surface area contributed by atoms with Gasteiger partial charge in [0, 0.05) is 39.0 Å². The number of nitrogens with zero attached hydrogens (tertiary/aromatic N) is 3. The molecule has 1 aromatic carbocycles. The Morgan fingerprint density at radius 1 is 1.05 bits per heavy atom. The molecule has 5 rings (SSSR count). The number of carbonyl (C=O) groups excluding carboxylic acids is 1. The number of hydrogen-bond acceptors (Lipinski definition) is 8. The number of anilines is 4. The van der Waals surface area contributed by atoms with Crippen molar-refractivity contribution >= 4 is 39.0 Å². The van der Waals surface area contributed by atoms with E-state index in [4.69, 9.17) is 9.52 Å². The summed E-state index contributed by atoms with van der Waals surface area (Å²) >= 11 is 0. The molecule has 1 spiro atoms. The summed E-state index contributed by atoms with van der Waals surface area (Å²) in [7, 11) is -3.72. The summed E-state index contributed by atoms with van der Waals surface area (Å²) in [5.41, 5.74) is 1.91. The average Bonchev–Trinajstić information content (AvgIpc) is 3.40. The van der Waals surface area contributed by atoms with Crippen LogP contribution in [0, 0.1) is 5.41 Å². The largest absolute Gasteiger partial charge is 0.418 e. The molecule has 202 valence electrons. The molecule has 3 fully saturated rings. The van der Waals surface area contributed by atoms with E-state index in [1.54, 1.807) is 23.1 Å². The Bertz CT molecular complexity index is 1240. The molecule has 0 unspecified atom stereocenters. The first kappa shape index (κ1) is 25.7. The third-order valence-corrected chi connectivity index (χ3v) is 8.75. The summed E-state index contributed by atoms with van der Waals surface area (Å²) in [5, 5.41) is 11.9. The SMILES string of the molecule is O=C(Nc1ccc(NS(=O)(=O)CCO)cc1N1CCC2(CC1)CC2)c1cnc(N2CCC(F)(F)CC2)o1. The van der Waals surface area contributed by atoms with Crippen molar-refractivity contribution in [2.75, 3.05) is 58.4 Å². The maximum absolute atomic E-state index is 13.5. The van der Waals surface area contributed by atoms with Crippen LogP contribution in [0.2, 0.25) is 0 Å².